The molecule has 310 valence electrons. The average molecular weight is 801 g/mol. The summed E-state index contributed by atoms with van der Waals surface area (Å²) >= 11 is 0. The standard InChI is InChI=1S/C50H56O9/c1-2-3-19-30-53-49-48(46(55-34-41-26-15-7-16-27-41)44(57-49)37-52-32-39-22-11-5-12-23-39)59-50-47(56-35-42-28-17-8-18-29-42)45(54-33-40-24-13-6-14-25-40)43(58-50)36-51-31-38-20-9-4-10-21-38/h2,4-18,20-29,43-50H,1,3,19,30-37H2/t43-,44-,45-,46-,47+,48+,49-,50-/m1/s1. The Labute approximate surface area is 348 Å². The Kier molecular flexibility index (Phi) is 16.8. The van der Waals surface area contributed by atoms with Gasteiger partial charge in [0.1, 0.15) is 36.6 Å². The first kappa shape index (κ1) is 42.6. The Morgan fingerprint density at radius 1 is 0.424 bits per heavy atom. The smallest absolute Gasteiger partial charge is 0.187 e. The Bertz CT molecular complexity index is 1880. The normalized spacial score (nSPS) is 24.0. The van der Waals surface area contributed by atoms with Gasteiger partial charge >= 0.3 is 0 Å². The van der Waals surface area contributed by atoms with Crippen molar-refractivity contribution >= 4 is 0 Å². The van der Waals surface area contributed by atoms with Crippen LogP contribution in [0.2, 0.25) is 0 Å². The molecule has 0 amide bonds. The van der Waals surface area contributed by atoms with Gasteiger partial charge in [-0.2, -0.15) is 0 Å². The fraction of sp³-hybridized carbons (Fsp3) is 0.360. The van der Waals surface area contributed by atoms with Gasteiger partial charge in [-0.15, -0.1) is 6.58 Å². The zero-order valence-electron chi connectivity index (χ0n) is 33.6. The third kappa shape index (κ3) is 13.0. The largest absolute Gasteiger partial charge is 0.374 e. The Morgan fingerprint density at radius 2 is 0.797 bits per heavy atom. The molecule has 59 heavy (non-hydrogen) atoms. The van der Waals surface area contributed by atoms with Crippen molar-refractivity contribution in [1.82, 2.24) is 0 Å². The lowest BCUT2D eigenvalue weighted by Gasteiger charge is -2.30. The van der Waals surface area contributed by atoms with Gasteiger partial charge in [0.2, 0.25) is 0 Å². The van der Waals surface area contributed by atoms with E-state index in [0.717, 1.165) is 40.7 Å². The van der Waals surface area contributed by atoms with Crippen molar-refractivity contribution in [2.24, 2.45) is 0 Å². The van der Waals surface area contributed by atoms with Crippen molar-refractivity contribution in [3.63, 3.8) is 0 Å². The third-order valence-electron chi connectivity index (χ3n) is 10.3. The highest BCUT2D eigenvalue weighted by Crippen LogP contribution is 2.36. The summed E-state index contributed by atoms with van der Waals surface area (Å²) in [5.74, 6) is 0. The van der Waals surface area contributed by atoms with Crippen molar-refractivity contribution in [2.75, 3.05) is 19.8 Å². The van der Waals surface area contributed by atoms with E-state index in [4.69, 9.17) is 42.6 Å². The average Bonchev–Trinajstić information content (AvgIpc) is 3.79. The van der Waals surface area contributed by atoms with Crippen LogP contribution in [0.4, 0.5) is 0 Å². The van der Waals surface area contributed by atoms with Crippen LogP contribution in [0.25, 0.3) is 0 Å². The van der Waals surface area contributed by atoms with Gasteiger partial charge in [0, 0.05) is 0 Å². The molecule has 5 aromatic carbocycles. The molecule has 0 unspecified atom stereocenters. The molecular formula is C50H56O9. The maximum Gasteiger partial charge on any atom is 0.187 e. The van der Waals surface area contributed by atoms with Crippen LogP contribution in [0.5, 0.6) is 0 Å². The lowest BCUT2D eigenvalue weighted by molar-refractivity contribution is -0.255. The fourth-order valence-corrected chi connectivity index (χ4v) is 7.23. The maximum atomic E-state index is 7.08. The predicted molar refractivity (Wildman–Crippen MR) is 225 cm³/mol. The lowest BCUT2D eigenvalue weighted by atomic mass is 10.1. The summed E-state index contributed by atoms with van der Waals surface area (Å²) in [4.78, 5) is 0. The van der Waals surface area contributed by atoms with Crippen molar-refractivity contribution in [3.8, 4) is 0 Å². The number of rotatable bonds is 24. The van der Waals surface area contributed by atoms with Crippen molar-refractivity contribution in [3.05, 3.63) is 192 Å². The van der Waals surface area contributed by atoms with Gasteiger partial charge in [-0.1, -0.05) is 158 Å². The molecule has 7 rings (SSSR count). The number of hydrogen-bond acceptors (Lipinski definition) is 9. The van der Waals surface area contributed by atoms with Gasteiger partial charge in [0.05, 0.1) is 52.9 Å². The predicted octanol–water partition coefficient (Wildman–Crippen LogP) is 8.99. The Hall–Kier alpha value is -4.52. The number of hydrogen-bond donors (Lipinski definition) is 0. The minimum absolute atomic E-state index is 0.256. The molecule has 9 heteroatoms. The summed E-state index contributed by atoms with van der Waals surface area (Å²) in [5.41, 5.74) is 5.21. The number of allylic oxidation sites excluding steroid dienone is 1. The van der Waals surface area contributed by atoms with Gasteiger partial charge in [-0.3, -0.25) is 0 Å². The zero-order valence-corrected chi connectivity index (χ0v) is 33.6. The van der Waals surface area contributed by atoms with Gasteiger partial charge in [0.15, 0.2) is 12.6 Å². The molecule has 0 N–H and O–H groups in total. The minimum atomic E-state index is -0.885. The molecule has 0 saturated carbocycles. The highest BCUT2D eigenvalue weighted by Gasteiger charge is 2.53. The maximum absolute atomic E-state index is 7.08. The highest BCUT2D eigenvalue weighted by molar-refractivity contribution is 5.17. The highest BCUT2D eigenvalue weighted by atomic mass is 16.8. The van der Waals surface area contributed by atoms with E-state index < -0.39 is 49.2 Å². The first-order valence-electron chi connectivity index (χ1n) is 20.6. The first-order chi connectivity index (χ1) is 29.2. The molecular weight excluding hydrogens is 745 g/mol. The van der Waals surface area contributed by atoms with E-state index >= 15 is 0 Å². The van der Waals surface area contributed by atoms with Gasteiger partial charge in [-0.25, -0.2) is 0 Å². The molecule has 0 aliphatic carbocycles. The Morgan fingerprint density at radius 3 is 1.22 bits per heavy atom. The van der Waals surface area contributed by atoms with Crippen LogP contribution < -0.4 is 0 Å². The second-order valence-electron chi connectivity index (χ2n) is 14.8. The monoisotopic (exact) mass is 800 g/mol. The third-order valence-corrected chi connectivity index (χ3v) is 10.3. The van der Waals surface area contributed by atoms with Crippen LogP contribution in [0.1, 0.15) is 40.7 Å². The topological polar surface area (TPSA) is 83.1 Å². The van der Waals surface area contributed by atoms with E-state index in [1.54, 1.807) is 0 Å². The van der Waals surface area contributed by atoms with Crippen molar-refractivity contribution in [2.45, 2.75) is 95.1 Å². The molecule has 8 atom stereocenters. The van der Waals surface area contributed by atoms with E-state index in [1.807, 2.05) is 158 Å². The zero-order chi connectivity index (χ0) is 40.3. The molecule has 5 aromatic rings. The number of benzene rings is 5. The van der Waals surface area contributed by atoms with Gasteiger partial charge in [0.25, 0.3) is 0 Å². The van der Waals surface area contributed by atoms with Gasteiger partial charge in [-0.05, 0) is 40.7 Å². The summed E-state index contributed by atoms with van der Waals surface area (Å²) in [6.45, 7) is 6.71. The van der Waals surface area contributed by atoms with Crippen LogP contribution in [-0.4, -0.2) is 69.0 Å². The van der Waals surface area contributed by atoms with Crippen molar-refractivity contribution < 1.29 is 42.6 Å². The van der Waals surface area contributed by atoms with Crippen LogP contribution in [0.3, 0.4) is 0 Å². The van der Waals surface area contributed by atoms with E-state index in [9.17, 15) is 0 Å². The summed E-state index contributed by atoms with van der Waals surface area (Å²) in [5, 5.41) is 0. The summed E-state index contributed by atoms with van der Waals surface area (Å²) in [6.07, 6.45) is -1.68. The summed E-state index contributed by atoms with van der Waals surface area (Å²) < 4.78 is 59.9. The van der Waals surface area contributed by atoms with Crippen LogP contribution >= 0.6 is 0 Å². The minimum Gasteiger partial charge on any atom is -0.374 e. The molecule has 2 saturated heterocycles. The van der Waals surface area contributed by atoms with Crippen LogP contribution in [-0.2, 0) is 75.7 Å². The number of ether oxygens (including phenoxy) is 9. The second kappa shape index (κ2) is 23.3. The molecule has 0 bridgehead atoms. The van der Waals surface area contributed by atoms with Gasteiger partial charge < -0.3 is 42.6 Å². The van der Waals surface area contributed by atoms with E-state index in [0.29, 0.717) is 39.6 Å². The first-order valence-corrected chi connectivity index (χ1v) is 20.6. The van der Waals surface area contributed by atoms with Crippen molar-refractivity contribution in [1.29, 1.82) is 0 Å². The quantitative estimate of drug-likeness (QED) is 0.0449. The fourth-order valence-electron chi connectivity index (χ4n) is 7.23. The van der Waals surface area contributed by atoms with Crippen LogP contribution in [0.15, 0.2) is 164 Å². The molecule has 0 radical (unpaired) electrons. The molecule has 2 heterocycles. The summed E-state index contributed by atoms with van der Waals surface area (Å²) in [6, 6.07) is 50.4. The Balaban J connectivity index is 1.16. The molecule has 2 aliphatic heterocycles. The number of unbranched alkanes of at least 4 members (excludes halogenated alkanes) is 1. The summed E-state index contributed by atoms with van der Waals surface area (Å²) in [7, 11) is 0. The molecule has 9 nitrogen and oxygen atoms in total. The molecule has 2 aliphatic rings. The molecule has 2 fully saturated rings. The second-order valence-corrected chi connectivity index (χ2v) is 14.8. The lowest BCUT2D eigenvalue weighted by Crippen LogP contribution is -2.46. The molecule has 0 spiro atoms. The SMILES string of the molecule is C=CCCCO[C@@H]1O[C@H](COCc2ccccc2)[C@@H](OCc2ccccc2)[C@@H]1O[C@H]1O[C@H](COCc2ccccc2)[C@@H](OCc2ccccc2)[C@@H]1OCc1ccccc1. The van der Waals surface area contributed by atoms with Crippen LogP contribution in [0, 0.1) is 0 Å². The van der Waals surface area contributed by atoms with E-state index in [2.05, 4.69) is 6.58 Å². The van der Waals surface area contributed by atoms with E-state index in [-0.39, 0.29) is 13.2 Å². The van der Waals surface area contributed by atoms with E-state index in [1.165, 1.54) is 0 Å². The molecule has 0 aromatic heterocycles.